The van der Waals surface area contributed by atoms with Gasteiger partial charge in [0.2, 0.25) is 0 Å². The van der Waals surface area contributed by atoms with Crippen molar-refractivity contribution in [3.05, 3.63) is 41.0 Å². The quantitative estimate of drug-likeness (QED) is 0.838. The van der Waals surface area contributed by atoms with Crippen LogP contribution in [-0.4, -0.2) is 26.8 Å². The number of thiazole rings is 1. The molecule has 0 spiro atoms. The summed E-state index contributed by atoms with van der Waals surface area (Å²) in [7, 11) is 0. The molecule has 1 aromatic carbocycles. The van der Waals surface area contributed by atoms with Gasteiger partial charge < -0.3 is 5.11 Å². The molecule has 0 saturated carbocycles. The number of nitrogens with one attached hydrogen (secondary N) is 1. The number of benzene rings is 1. The molecular formula is C18H22N2O2S2. The third kappa shape index (κ3) is 3.36. The molecule has 2 N–H and O–H groups in total. The maximum atomic E-state index is 11.4. The number of hydrogen-bond acceptors (Lipinski definition) is 5. The van der Waals surface area contributed by atoms with Crippen LogP contribution in [0.4, 0.5) is 0 Å². The highest BCUT2D eigenvalue weighted by Crippen LogP contribution is 2.47. The Morgan fingerprint density at radius 1 is 1.29 bits per heavy atom. The molecule has 2 aromatic rings. The fraction of sp³-hybridized carbons (Fsp3) is 0.444. The molecule has 1 saturated heterocycles. The van der Waals surface area contributed by atoms with Crippen molar-refractivity contribution in [2.45, 2.75) is 49.8 Å². The minimum Gasteiger partial charge on any atom is -0.480 e. The summed E-state index contributed by atoms with van der Waals surface area (Å²) in [6.07, 6.45) is 1.88. The first-order valence-corrected chi connectivity index (χ1v) is 9.70. The summed E-state index contributed by atoms with van der Waals surface area (Å²) >= 11 is 3.25. The molecule has 4 nitrogen and oxygen atoms in total. The zero-order valence-corrected chi connectivity index (χ0v) is 15.9. The number of hydrogen-bond donors (Lipinski definition) is 2. The van der Waals surface area contributed by atoms with Gasteiger partial charge >= 0.3 is 5.97 Å². The van der Waals surface area contributed by atoms with Crippen LogP contribution in [0.1, 0.15) is 49.6 Å². The molecule has 1 aliphatic rings. The van der Waals surface area contributed by atoms with E-state index >= 15 is 0 Å². The van der Waals surface area contributed by atoms with Crippen molar-refractivity contribution in [3.8, 4) is 10.4 Å². The van der Waals surface area contributed by atoms with Gasteiger partial charge in [-0.1, -0.05) is 38.1 Å². The van der Waals surface area contributed by atoms with Gasteiger partial charge in [-0.3, -0.25) is 10.1 Å². The topological polar surface area (TPSA) is 62.2 Å². The third-order valence-electron chi connectivity index (χ3n) is 4.29. The zero-order chi connectivity index (χ0) is 17.5. The summed E-state index contributed by atoms with van der Waals surface area (Å²) in [6, 6.07) is 8.01. The van der Waals surface area contributed by atoms with E-state index in [0.717, 1.165) is 15.4 Å². The lowest BCUT2D eigenvalue weighted by Gasteiger charge is -2.20. The Hall–Kier alpha value is -1.37. The average Bonchev–Trinajstić information content (AvgIpc) is 3.11. The van der Waals surface area contributed by atoms with Crippen LogP contribution in [0.3, 0.4) is 0 Å². The molecule has 24 heavy (non-hydrogen) atoms. The summed E-state index contributed by atoms with van der Waals surface area (Å²) < 4.78 is -0.360. The van der Waals surface area contributed by atoms with Crippen molar-refractivity contribution in [1.29, 1.82) is 0 Å². The van der Waals surface area contributed by atoms with Crippen LogP contribution in [0, 0.1) is 0 Å². The van der Waals surface area contributed by atoms with Crippen molar-refractivity contribution in [1.82, 2.24) is 10.3 Å². The highest BCUT2D eigenvalue weighted by atomic mass is 32.2. The highest BCUT2D eigenvalue weighted by Gasteiger charge is 2.46. The monoisotopic (exact) mass is 362 g/mol. The van der Waals surface area contributed by atoms with Gasteiger partial charge in [0.05, 0.1) is 4.88 Å². The van der Waals surface area contributed by atoms with Gasteiger partial charge in [-0.15, -0.1) is 23.1 Å². The first kappa shape index (κ1) is 17.5. The minimum absolute atomic E-state index is 0.0743. The predicted octanol–water partition coefficient (Wildman–Crippen LogP) is 4.50. The number of rotatable bonds is 4. The van der Waals surface area contributed by atoms with Gasteiger partial charge in [0.25, 0.3) is 0 Å². The van der Waals surface area contributed by atoms with Crippen molar-refractivity contribution >= 4 is 29.1 Å². The number of carboxylic acids is 1. The Morgan fingerprint density at radius 3 is 2.50 bits per heavy atom. The number of aliphatic carboxylic acids is 1. The van der Waals surface area contributed by atoms with Gasteiger partial charge in [0.15, 0.2) is 0 Å². The fourth-order valence-electron chi connectivity index (χ4n) is 2.82. The molecule has 2 heterocycles. The van der Waals surface area contributed by atoms with E-state index in [2.05, 4.69) is 48.4 Å². The summed E-state index contributed by atoms with van der Waals surface area (Å²) in [5.74, 6) is -0.290. The van der Waals surface area contributed by atoms with E-state index in [1.54, 1.807) is 23.1 Å². The molecule has 3 rings (SSSR count). The van der Waals surface area contributed by atoms with Crippen LogP contribution in [0.2, 0.25) is 0 Å². The molecule has 0 bridgehead atoms. The predicted molar refractivity (Wildman–Crippen MR) is 101 cm³/mol. The van der Waals surface area contributed by atoms with E-state index in [-0.39, 0.29) is 10.1 Å². The van der Waals surface area contributed by atoms with E-state index in [9.17, 15) is 9.90 Å². The Balaban J connectivity index is 1.80. The van der Waals surface area contributed by atoms with E-state index in [4.69, 9.17) is 0 Å². The SMILES string of the molecule is CC(C)c1ccc(-c2cnc(C3NC(C(=O)O)C(C)(C)S3)s2)cc1. The maximum Gasteiger partial charge on any atom is 0.322 e. The zero-order valence-electron chi connectivity index (χ0n) is 14.2. The van der Waals surface area contributed by atoms with Crippen LogP contribution < -0.4 is 5.32 Å². The van der Waals surface area contributed by atoms with E-state index in [1.807, 2.05) is 20.0 Å². The molecule has 1 aliphatic heterocycles. The molecule has 0 radical (unpaired) electrons. The summed E-state index contributed by atoms with van der Waals surface area (Å²) in [6.45, 7) is 8.29. The second kappa shape index (κ2) is 6.50. The Morgan fingerprint density at radius 2 is 1.96 bits per heavy atom. The minimum atomic E-state index is -0.809. The van der Waals surface area contributed by atoms with Crippen LogP contribution in [-0.2, 0) is 4.79 Å². The van der Waals surface area contributed by atoms with Gasteiger partial charge in [-0.05, 0) is 30.9 Å². The summed E-state index contributed by atoms with van der Waals surface area (Å²) in [5.41, 5.74) is 2.47. The largest absolute Gasteiger partial charge is 0.480 e. The molecule has 1 fully saturated rings. The van der Waals surface area contributed by atoms with Crippen LogP contribution in [0.15, 0.2) is 30.5 Å². The van der Waals surface area contributed by atoms with Gasteiger partial charge in [0.1, 0.15) is 16.4 Å². The number of thioether (sulfide) groups is 1. The average molecular weight is 363 g/mol. The summed E-state index contributed by atoms with van der Waals surface area (Å²) in [5, 5.41) is 13.4. The number of carbonyl (C=O) groups is 1. The standard InChI is InChI=1S/C18H22N2O2S2/c1-10(2)11-5-7-12(8-6-11)13-9-19-15(23-13)16-20-14(17(21)22)18(3,4)24-16/h5-10,14,16,20H,1-4H3,(H,21,22). The second-order valence-corrected chi connectivity index (χ2v) is 9.70. The lowest BCUT2D eigenvalue weighted by atomic mass is 10.0. The molecule has 2 atom stereocenters. The van der Waals surface area contributed by atoms with Gasteiger partial charge in [-0.2, -0.15) is 0 Å². The Bertz CT molecular complexity index is 738. The molecule has 0 aliphatic carbocycles. The third-order valence-corrected chi connectivity index (χ3v) is 6.99. The highest BCUT2D eigenvalue weighted by molar-refractivity contribution is 8.01. The van der Waals surface area contributed by atoms with Crippen LogP contribution in [0.5, 0.6) is 0 Å². The van der Waals surface area contributed by atoms with Crippen molar-refractivity contribution in [3.63, 3.8) is 0 Å². The summed E-state index contributed by atoms with van der Waals surface area (Å²) in [4.78, 5) is 17.1. The first-order chi connectivity index (χ1) is 11.3. The van der Waals surface area contributed by atoms with Gasteiger partial charge in [-0.25, -0.2) is 4.98 Å². The van der Waals surface area contributed by atoms with Crippen LogP contribution >= 0.6 is 23.1 Å². The maximum absolute atomic E-state index is 11.4. The molecule has 0 amide bonds. The normalized spacial score (nSPS) is 22.9. The Labute approximate surface area is 150 Å². The van der Waals surface area contributed by atoms with Crippen molar-refractivity contribution in [2.24, 2.45) is 0 Å². The number of nitrogens with zero attached hydrogens (tertiary/aromatic N) is 1. The molecule has 128 valence electrons. The molecular weight excluding hydrogens is 340 g/mol. The van der Waals surface area contributed by atoms with E-state index in [0.29, 0.717) is 5.92 Å². The number of carboxylic acid groups (broad SMARTS) is 1. The van der Waals surface area contributed by atoms with Gasteiger partial charge in [0, 0.05) is 10.9 Å². The first-order valence-electron chi connectivity index (χ1n) is 8.00. The van der Waals surface area contributed by atoms with Crippen molar-refractivity contribution < 1.29 is 9.90 Å². The van der Waals surface area contributed by atoms with Crippen LogP contribution in [0.25, 0.3) is 10.4 Å². The molecule has 6 heteroatoms. The molecule has 2 unspecified atom stereocenters. The lowest BCUT2D eigenvalue weighted by molar-refractivity contribution is -0.139. The van der Waals surface area contributed by atoms with Crippen molar-refractivity contribution in [2.75, 3.05) is 0 Å². The fourth-order valence-corrected chi connectivity index (χ4v) is 5.25. The van der Waals surface area contributed by atoms with E-state index < -0.39 is 12.0 Å². The second-order valence-electron chi connectivity index (χ2n) is 6.88. The van der Waals surface area contributed by atoms with E-state index in [1.165, 1.54) is 5.56 Å². The Kier molecular flexibility index (Phi) is 4.73. The number of aromatic nitrogens is 1. The molecule has 1 aromatic heterocycles. The lowest BCUT2D eigenvalue weighted by Crippen LogP contribution is -2.43. The smallest absolute Gasteiger partial charge is 0.322 e.